The van der Waals surface area contributed by atoms with Crippen molar-refractivity contribution in [3.05, 3.63) is 40.3 Å². The summed E-state index contributed by atoms with van der Waals surface area (Å²) >= 11 is 0. The molecular weight excluding hydrogens is 366 g/mol. The van der Waals surface area contributed by atoms with Gasteiger partial charge in [0.1, 0.15) is 23.6 Å². The van der Waals surface area contributed by atoms with Crippen LogP contribution in [0.5, 0.6) is 5.75 Å². The predicted molar refractivity (Wildman–Crippen MR) is 115 cm³/mol. The fourth-order valence-corrected chi connectivity index (χ4v) is 3.98. The molecule has 2 aromatic heterocycles. The molecule has 0 aliphatic heterocycles. The highest BCUT2D eigenvalue weighted by Crippen LogP contribution is 2.32. The van der Waals surface area contributed by atoms with Crippen molar-refractivity contribution < 1.29 is 4.74 Å². The Morgan fingerprint density at radius 2 is 2.07 bits per heavy atom. The number of nitrogens with one attached hydrogen (secondary N) is 1. The van der Waals surface area contributed by atoms with Crippen LogP contribution in [0.15, 0.2) is 29.1 Å². The summed E-state index contributed by atoms with van der Waals surface area (Å²) in [5.41, 5.74) is 2.24. The van der Waals surface area contributed by atoms with Crippen LogP contribution in [0.2, 0.25) is 0 Å². The SMILES string of the molecule is CCc1nn(C2CCCC2)c2nc(-c3cccc(OCCN(C)C)c3)[nH]c(=O)c12. The summed E-state index contributed by atoms with van der Waals surface area (Å²) in [5.74, 6) is 1.33. The van der Waals surface area contributed by atoms with Gasteiger partial charge < -0.3 is 14.6 Å². The Bertz CT molecular complexity index is 1050. The van der Waals surface area contributed by atoms with Gasteiger partial charge in [-0.2, -0.15) is 5.10 Å². The molecule has 0 radical (unpaired) electrons. The molecule has 0 unspecified atom stereocenters. The summed E-state index contributed by atoms with van der Waals surface area (Å²) in [6, 6.07) is 8.06. The number of fused-ring (bicyclic) bond motifs is 1. The molecule has 2 heterocycles. The summed E-state index contributed by atoms with van der Waals surface area (Å²) in [6.07, 6.45) is 5.32. The quantitative estimate of drug-likeness (QED) is 0.663. The van der Waals surface area contributed by atoms with E-state index in [1.807, 2.05) is 50.0 Å². The topological polar surface area (TPSA) is 76.0 Å². The van der Waals surface area contributed by atoms with Gasteiger partial charge in [-0.3, -0.25) is 4.79 Å². The van der Waals surface area contributed by atoms with E-state index in [1.165, 1.54) is 12.8 Å². The minimum atomic E-state index is -0.120. The number of likely N-dealkylation sites (N-methyl/N-ethyl adjacent to an activating group) is 1. The highest BCUT2D eigenvalue weighted by atomic mass is 16.5. The number of rotatable bonds is 7. The molecule has 1 saturated carbocycles. The molecular formula is C22H29N5O2. The number of hydrogen-bond donors (Lipinski definition) is 1. The largest absolute Gasteiger partial charge is 0.492 e. The maximum absolute atomic E-state index is 12.9. The number of aryl methyl sites for hydroxylation is 1. The average Bonchev–Trinajstić information content (AvgIpc) is 3.35. The Morgan fingerprint density at radius 1 is 1.28 bits per heavy atom. The monoisotopic (exact) mass is 395 g/mol. The number of hydrogen-bond acceptors (Lipinski definition) is 5. The minimum Gasteiger partial charge on any atom is -0.492 e. The van der Waals surface area contributed by atoms with Crippen LogP contribution in [0.25, 0.3) is 22.4 Å². The summed E-state index contributed by atoms with van der Waals surface area (Å²) in [4.78, 5) is 22.8. The van der Waals surface area contributed by atoms with E-state index in [9.17, 15) is 4.79 Å². The fourth-order valence-electron chi connectivity index (χ4n) is 3.98. The fraction of sp³-hybridized carbons (Fsp3) is 0.500. The maximum atomic E-state index is 12.9. The molecule has 0 saturated heterocycles. The van der Waals surface area contributed by atoms with Crippen LogP contribution in [0.4, 0.5) is 0 Å². The predicted octanol–water partition coefficient (Wildman–Crippen LogP) is 3.40. The van der Waals surface area contributed by atoms with E-state index in [2.05, 4.69) is 9.88 Å². The highest BCUT2D eigenvalue weighted by Gasteiger charge is 2.24. The van der Waals surface area contributed by atoms with E-state index in [0.29, 0.717) is 29.5 Å². The second-order valence-electron chi connectivity index (χ2n) is 7.98. The number of ether oxygens (including phenoxy) is 1. The Morgan fingerprint density at radius 3 is 2.79 bits per heavy atom. The molecule has 7 heteroatoms. The van der Waals surface area contributed by atoms with Crippen LogP contribution in [0.3, 0.4) is 0 Å². The van der Waals surface area contributed by atoms with Crippen LogP contribution >= 0.6 is 0 Å². The second-order valence-corrected chi connectivity index (χ2v) is 7.98. The van der Waals surface area contributed by atoms with Gasteiger partial charge in [0.2, 0.25) is 0 Å². The average molecular weight is 396 g/mol. The molecule has 0 spiro atoms. The first-order valence-electron chi connectivity index (χ1n) is 10.5. The van der Waals surface area contributed by atoms with E-state index in [4.69, 9.17) is 14.8 Å². The van der Waals surface area contributed by atoms with Gasteiger partial charge in [-0.15, -0.1) is 0 Å². The second kappa shape index (κ2) is 8.37. The van der Waals surface area contributed by atoms with Crippen LogP contribution in [0.1, 0.15) is 44.3 Å². The maximum Gasteiger partial charge on any atom is 0.262 e. The summed E-state index contributed by atoms with van der Waals surface area (Å²) in [7, 11) is 4.03. The number of benzene rings is 1. The Labute approximate surface area is 170 Å². The Hall–Kier alpha value is -2.67. The summed E-state index contributed by atoms with van der Waals surface area (Å²) in [5, 5.41) is 5.39. The van der Waals surface area contributed by atoms with Crippen molar-refractivity contribution in [2.24, 2.45) is 0 Å². The third kappa shape index (κ3) is 4.05. The lowest BCUT2D eigenvalue weighted by atomic mass is 10.2. The van der Waals surface area contributed by atoms with E-state index in [-0.39, 0.29) is 5.56 Å². The van der Waals surface area contributed by atoms with E-state index >= 15 is 0 Å². The van der Waals surface area contributed by atoms with Crippen molar-refractivity contribution in [3.63, 3.8) is 0 Å². The van der Waals surface area contributed by atoms with Gasteiger partial charge in [0, 0.05) is 12.1 Å². The van der Waals surface area contributed by atoms with Crippen molar-refractivity contribution in [3.8, 4) is 17.1 Å². The zero-order chi connectivity index (χ0) is 20.4. The molecule has 154 valence electrons. The Balaban J connectivity index is 1.73. The Kier molecular flexibility index (Phi) is 5.67. The minimum absolute atomic E-state index is 0.120. The summed E-state index contributed by atoms with van der Waals surface area (Å²) in [6.45, 7) is 3.47. The summed E-state index contributed by atoms with van der Waals surface area (Å²) < 4.78 is 7.84. The molecule has 1 fully saturated rings. The first-order chi connectivity index (χ1) is 14.1. The molecule has 3 aromatic rings. The van der Waals surface area contributed by atoms with Crippen LogP contribution in [-0.2, 0) is 6.42 Å². The van der Waals surface area contributed by atoms with Gasteiger partial charge in [-0.25, -0.2) is 9.67 Å². The molecule has 4 rings (SSSR count). The van der Waals surface area contributed by atoms with Gasteiger partial charge in [0.05, 0.1) is 11.7 Å². The number of nitrogens with zero attached hydrogens (tertiary/aromatic N) is 4. The highest BCUT2D eigenvalue weighted by molar-refractivity contribution is 5.79. The van der Waals surface area contributed by atoms with Gasteiger partial charge in [0.25, 0.3) is 5.56 Å². The lowest BCUT2D eigenvalue weighted by molar-refractivity contribution is 0.261. The third-order valence-corrected chi connectivity index (χ3v) is 5.55. The molecule has 29 heavy (non-hydrogen) atoms. The van der Waals surface area contributed by atoms with Gasteiger partial charge in [0.15, 0.2) is 5.65 Å². The molecule has 1 N–H and O–H groups in total. The number of aromatic nitrogens is 4. The molecule has 1 aromatic carbocycles. The van der Waals surface area contributed by atoms with Gasteiger partial charge in [-0.05, 0) is 45.5 Å². The van der Waals surface area contributed by atoms with Crippen molar-refractivity contribution in [2.45, 2.75) is 45.1 Å². The zero-order valence-corrected chi connectivity index (χ0v) is 17.4. The van der Waals surface area contributed by atoms with Crippen molar-refractivity contribution in [2.75, 3.05) is 27.2 Å². The normalized spacial score (nSPS) is 14.9. The molecule has 7 nitrogen and oxygen atoms in total. The first-order valence-corrected chi connectivity index (χ1v) is 10.5. The van der Waals surface area contributed by atoms with Gasteiger partial charge >= 0.3 is 0 Å². The van der Waals surface area contributed by atoms with E-state index < -0.39 is 0 Å². The van der Waals surface area contributed by atoms with Crippen molar-refractivity contribution in [1.29, 1.82) is 0 Å². The lowest BCUT2D eigenvalue weighted by Crippen LogP contribution is -2.19. The third-order valence-electron chi connectivity index (χ3n) is 5.55. The molecule has 0 amide bonds. The van der Waals surface area contributed by atoms with Crippen LogP contribution in [0, 0.1) is 0 Å². The molecule has 0 atom stereocenters. The smallest absolute Gasteiger partial charge is 0.262 e. The van der Waals surface area contributed by atoms with Gasteiger partial charge in [-0.1, -0.05) is 31.9 Å². The van der Waals surface area contributed by atoms with Crippen molar-refractivity contribution in [1.82, 2.24) is 24.6 Å². The van der Waals surface area contributed by atoms with E-state index in [1.54, 1.807) is 0 Å². The van der Waals surface area contributed by atoms with Crippen molar-refractivity contribution >= 4 is 11.0 Å². The molecule has 1 aliphatic carbocycles. The molecule has 0 bridgehead atoms. The van der Waals surface area contributed by atoms with E-state index in [0.717, 1.165) is 42.8 Å². The zero-order valence-electron chi connectivity index (χ0n) is 17.4. The lowest BCUT2D eigenvalue weighted by Gasteiger charge is -2.12. The standard InChI is InChI=1S/C22H29N5O2/c1-4-18-19-21(27(25-18)16-9-5-6-10-16)23-20(24-22(19)28)15-8-7-11-17(14-15)29-13-12-26(2)3/h7-8,11,14,16H,4-6,9-10,12-13H2,1-3H3,(H,23,24,28). The number of H-pyrrole nitrogens is 1. The molecule has 1 aliphatic rings. The van der Waals surface area contributed by atoms with Crippen LogP contribution in [-0.4, -0.2) is 51.9 Å². The van der Waals surface area contributed by atoms with Crippen LogP contribution < -0.4 is 10.3 Å². The number of aromatic amines is 1. The first kappa shape index (κ1) is 19.6.